The Kier molecular flexibility index (Phi) is 5.69. The average Bonchev–Trinajstić information content (AvgIpc) is 2.40. The van der Waals surface area contributed by atoms with Crippen LogP contribution in [0.3, 0.4) is 0 Å². The molecule has 2 rings (SSSR count). The molecular formula is C14H17BrClNO3. The fraction of sp³-hybridized carbons (Fsp3) is 0.500. The molecule has 110 valence electrons. The summed E-state index contributed by atoms with van der Waals surface area (Å²) in [5, 5.41) is 13.2. The number of ether oxygens (including phenoxy) is 1. The predicted octanol–water partition coefficient (Wildman–Crippen LogP) is 2.90. The van der Waals surface area contributed by atoms with E-state index in [1.807, 2.05) is 0 Å². The molecule has 0 aromatic heterocycles. The molecule has 1 amide bonds. The third-order valence-corrected chi connectivity index (χ3v) is 4.18. The summed E-state index contributed by atoms with van der Waals surface area (Å²) in [6.45, 7) is -0.0799. The summed E-state index contributed by atoms with van der Waals surface area (Å²) in [7, 11) is 0. The smallest absolute Gasteiger partial charge is 0.258 e. The Morgan fingerprint density at radius 3 is 2.90 bits per heavy atom. The van der Waals surface area contributed by atoms with Crippen molar-refractivity contribution in [2.45, 2.75) is 37.8 Å². The van der Waals surface area contributed by atoms with Crippen molar-refractivity contribution < 1.29 is 14.6 Å². The Bertz CT molecular complexity index is 483. The molecule has 20 heavy (non-hydrogen) atoms. The lowest BCUT2D eigenvalue weighted by molar-refractivity contribution is -0.125. The number of carbonyl (C=O) groups excluding carboxylic acids is 1. The topological polar surface area (TPSA) is 58.6 Å². The largest absolute Gasteiger partial charge is 0.483 e. The highest BCUT2D eigenvalue weighted by Gasteiger charge is 2.24. The summed E-state index contributed by atoms with van der Waals surface area (Å²) in [6, 6.07) is 4.95. The second-order valence-corrected chi connectivity index (χ2v) is 6.18. The molecule has 2 atom stereocenters. The van der Waals surface area contributed by atoms with E-state index in [-0.39, 0.29) is 18.6 Å². The molecule has 0 radical (unpaired) electrons. The molecule has 1 aromatic rings. The van der Waals surface area contributed by atoms with Gasteiger partial charge in [0.25, 0.3) is 5.91 Å². The van der Waals surface area contributed by atoms with Gasteiger partial charge in [-0.05, 0) is 47.0 Å². The van der Waals surface area contributed by atoms with Crippen LogP contribution in [0.15, 0.2) is 22.7 Å². The molecule has 1 saturated carbocycles. The van der Waals surface area contributed by atoms with Crippen molar-refractivity contribution in [1.82, 2.24) is 5.32 Å². The van der Waals surface area contributed by atoms with Crippen molar-refractivity contribution in [3.63, 3.8) is 0 Å². The molecule has 1 fully saturated rings. The minimum atomic E-state index is -0.449. The van der Waals surface area contributed by atoms with Gasteiger partial charge in [-0.1, -0.05) is 24.4 Å². The third kappa shape index (κ3) is 4.36. The first-order chi connectivity index (χ1) is 9.56. The normalized spacial score (nSPS) is 22.4. The number of halogens is 2. The van der Waals surface area contributed by atoms with Crippen LogP contribution in [0.4, 0.5) is 0 Å². The number of hydrogen-bond donors (Lipinski definition) is 2. The van der Waals surface area contributed by atoms with Gasteiger partial charge < -0.3 is 15.2 Å². The summed E-state index contributed by atoms with van der Waals surface area (Å²) in [4.78, 5) is 11.8. The van der Waals surface area contributed by atoms with Crippen LogP contribution in [0, 0.1) is 0 Å². The molecule has 0 bridgehead atoms. The average molecular weight is 363 g/mol. The summed E-state index contributed by atoms with van der Waals surface area (Å²) >= 11 is 9.16. The highest BCUT2D eigenvalue weighted by molar-refractivity contribution is 9.10. The van der Waals surface area contributed by atoms with E-state index in [2.05, 4.69) is 21.2 Å². The minimum Gasteiger partial charge on any atom is -0.483 e. The molecule has 0 heterocycles. The maximum absolute atomic E-state index is 11.8. The Hall–Kier alpha value is -0.780. The van der Waals surface area contributed by atoms with Crippen LogP contribution in [0.1, 0.15) is 25.7 Å². The molecule has 0 saturated heterocycles. The van der Waals surface area contributed by atoms with Gasteiger partial charge in [-0.15, -0.1) is 0 Å². The first kappa shape index (κ1) is 15.6. The van der Waals surface area contributed by atoms with Gasteiger partial charge in [0.15, 0.2) is 6.61 Å². The van der Waals surface area contributed by atoms with Gasteiger partial charge in [-0.3, -0.25) is 4.79 Å². The fourth-order valence-electron chi connectivity index (χ4n) is 2.26. The van der Waals surface area contributed by atoms with E-state index in [1.165, 1.54) is 0 Å². The number of hydrogen-bond acceptors (Lipinski definition) is 3. The van der Waals surface area contributed by atoms with Crippen LogP contribution in [-0.4, -0.2) is 29.8 Å². The van der Waals surface area contributed by atoms with Crippen molar-refractivity contribution in [3.8, 4) is 5.75 Å². The van der Waals surface area contributed by atoms with Crippen LogP contribution in [0.2, 0.25) is 5.02 Å². The summed E-state index contributed by atoms with van der Waals surface area (Å²) in [5.41, 5.74) is 0. The maximum Gasteiger partial charge on any atom is 0.258 e. The molecule has 4 nitrogen and oxygen atoms in total. The highest BCUT2D eigenvalue weighted by atomic mass is 79.9. The van der Waals surface area contributed by atoms with E-state index in [4.69, 9.17) is 16.3 Å². The zero-order valence-corrected chi connectivity index (χ0v) is 13.3. The Labute approximate surface area is 131 Å². The van der Waals surface area contributed by atoms with Crippen LogP contribution >= 0.6 is 27.5 Å². The maximum atomic E-state index is 11.8. The number of amides is 1. The molecular weight excluding hydrogens is 346 g/mol. The number of benzene rings is 1. The molecule has 1 aromatic carbocycles. The summed E-state index contributed by atoms with van der Waals surface area (Å²) in [5.74, 6) is 0.339. The lowest BCUT2D eigenvalue weighted by Gasteiger charge is -2.28. The van der Waals surface area contributed by atoms with Gasteiger partial charge in [0, 0.05) is 5.02 Å². The van der Waals surface area contributed by atoms with Gasteiger partial charge in [0.2, 0.25) is 0 Å². The number of aliphatic hydroxyl groups is 1. The molecule has 0 unspecified atom stereocenters. The number of aliphatic hydroxyl groups excluding tert-OH is 1. The molecule has 1 aliphatic rings. The van der Waals surface area contributed by atoms with Gasteiger partial charge in [-0.25, -0.2) is 0 Å². The van der Waals surface area contributed by atoms with E-state index >= 15 is 0 Å². The number of carbonyl (C=O) groups is 1. The molecule has 6 heteroatoms. The lowest BCUT2D eigenvalue weighted by atomic mass is 9.92. The summed E-state index contributed by atoms with van der Waals surface area (Å²) < 4.78 is 6.14. The molecule has 0 spiro atoms. The Balaban J connectivity index is 1.82. The van der Waals surface area contributed by atoms with E-state index in [9.17, 15) is 9.90 Å². The lowest BCUT2D eigenvalue weighted by Crippen LogP contribution is -2.46. The van der Waals surface area contributed by atoms with Crippen molar-refractivity contribution in [3.05, 3.63) is 27.7 Å². The van der Waals surface area contributed by atoms with E-state index < -0.39 is 6.10 Å². The monoisotopic (exact) mass is 361 g/mol. The zero-order chi connectivity index (χ0) is 14.5. The molecule has 0 aliphatic heterocycles. The number of rotatable bonds is 4. The van der Waals surface area contributed by atoms with E-state index in [1.54, 1.807) is 18.2 Å². The zero-order valence-electron chi connectivity index (χ0n) is 10.9. The van der Waals surface area contributed by atoms with Crippen LogP contribution < -0.4 is 10.1 Å². The SMILES string of the molecule is O=C(COc1ccc(Cl)cc1Br)N[C@@H]1CCCC[C@H]1O. The van der Waals surface area contributed by atoms with E-state index in [0.717, 1.165) is 25.7 Å². The fourth-order valence-corrected chi connectivity index (χ4v) is 3.06. The standard InChI is InChI=1S/C14H17BrClNO3/c15-10-7-9(16)5-6-13(10)20-8-14(19)17-11-3-1-2-4-12(11)18/h5-7,11-12,18H,1-4,8H2,(H,17,19)/t11-,12-/m1/s1. The second-order valence-electron chi connectivity index (χ2n) is 4.89. The molecule has 1 aliphatic carbocycles. The van der Waals surface area contributed by atoms with Gasteiger partial charge >= 0.3 is 0 Å². The Morgan fingerprint density at radius 2 is 2.20 bits per heavy atom. The van der Waals surface area contributed by atoms with Crippen molar-refractivity contribution in [2.75, 3.05) is 6.61 Å². The van der Waals surface area contributed by atoms with Crippen LogP contribution in [-0.2, 0) is 4.79 Å². The second kappa shape index (κ2) is 7.29. The van der Waals surface area contributed by atoms with Gasteiger partial charge in [-0.2, -0.15) is 0 Å². The van der Waals surface area contributed by atoms with Gasteiger partial charge in [0.1, 0.15) is 5.75 Å². The summed E-state index contributed by atoms with van der Waals surface area (Å²) in [6.07, 6.45) is 3.16. The minimum absolute atomic E-state index is 0.0799. The quantitative estimate of drug-likeness (QED) is 0.866. The van der Waals surface area contributed by atoms with Crippen LogP contribution in [0.5, 0.6) is 5.75 Å². The Morgan fingerprint density at radius 1 is 1.45 bits per heavy atom. The molecule has 2 N–H and O–H groups in total. The first-order valence-electron chi connectivity index (χ1n) is 6.61. The predicted molar refractivity (Wildman–Crippen MR) is 81.1 cm³/mol. The van der Waals surface area contributed by atoms with Crippen molar-refractivity contribution >= 4 is 33.4 Å². The van der Waals surface area contributed by atoms with E-state index in [0.29, 0.717) is 15.2 Å². The highest BCUT2D eigenvalue weighted by Crippen LogP contribution is 2.27. The van der Waals surface area contributed by atoms with Crippen molar-refractivity contribution in [2.24, 2.45) is 0 Å². The third-order valence-electron chi connectivity index (χ3n) is 3.33. The first-order valence-corrected chi connectivity index (χ1v) is 7.78. The van der Waals surface area contributed by atoms with Gasteiger partial charge in [0.05, 0.1) is 16.6 Å². The van der Waals surface area contributed by atoms with Crippen molar-refractivity contribution in [1.29, 1.82) is 0 Å². The number of nitrogens with one attached hydrogen (secondary N) is 1. The van der Waals surface area contributed by atoms with Crippen LogP contribution in [0.25, 0.3) is 0 Å².